The Bertz CT molecular complexity index is 3400. The summed E-state index contributed by atoms with van der Waals surface area (Å²) in [5.41, 5.74) is 18.3. The molecule has 2 radical (unpaired) electrons. The van der Waals surface area contributed by atoms with E-state index in [-0.39, 0.29) is 0 Å². The third kappa shape index (κ3) is 7.00. The van der Waals surface area contributed by atoms with Gasteiger partial charge in [0.15, 0.2) is 14.6 Å². The minimum atomic E-state index is 1.19. The molecule has 3 heteroatoms. The maximum absolute atomic E-state index is 2.46. The second-order valence-corrected chi connectivity index (χ2v) is 17.3. The highest BCUT2D eigenvalue weighted by Gasteiger charge is 2.27. The lowest BCUT2D eigenvalue weighted by atomic mass is 9.69. The molecule has 1 aromatic heterocycles. The van der Waals surface area contributed by atoms with Crippen LogP contribution in [-0.2, 0) is 0 Å². The van der Waals surface area contributed by atoms with E-state index in [1.165, 1.54) is 120 Å². The van der Waals surface area contributed by atoms with Gasteiger partial charge in [-0.15, -0.1) is 23.3 Å². The van der Waals surface area contributed by atoms with Crippen molar-refractivity contribution in [2.24, 2.45) is 0 Å². The fourth-order valence-corrected chi connectivity index (χ4v) is 10.3. The topological polar surface area (TPSA) is 0 Å². The summed E-state index contributed by atoms with van der Waals surface area (Å²) in [6.07, 6.45) is 15.1. The van der Waals surface area contributed by atoms with Crippen LogP contribution in [0.5, 0.6) is 0 Å². The first-order valence-corrected chi connectivity index (χ1v) is 22.7. The van der Waals surface area contributed by atoms with E-state index in [9.17, 15) is 0 Å². The van der Waals surface area contributed by atoms with E-state index < -0.39 is 0 Å². The normalized spacial score (nSPS) is 13.6. The van der Waals surface area contributed by atoms with Gasteiger partial charge < -0.3 is 0 Å². The van der Waals surface area contributed by atoms with E-state index in [1.807, 2.05) is 0 Å². The predicted octanol–water partition coefficient (Wildman–Crippen LogP) is 16.7. The molecular formula is C60H42B2S. The smallest absolute Gasteiger partial charge is 0.144 e. The van der Waals surface area contributed by atoms with Gasteiger partial charge >= 0.3 is 0 Å². The first kappa shape index (κ1) is 38.7. The first-order chi connectivity index (χ1) is 31.1. The maximum atomic E-state index is 2.46. The molecule has 2 aliphatic rings. The molecule has 0 bridgehead atoms. The van der Waals surface area contributed by atoms with Crippen LogP contribution in [0.25, 0.3) is 104 Å². The van der Waals surface area contributed by atoms with Crippen LogP contribution in [0.4, 0.5) is 0 Å². The molecule has 63 heavy (non-hydrogen) atoms. The summed E-state index contributed by atoms with van der Waals surface area (Å²) in [6, 6.07) is 59.5. The molecule has 9 aromatic rings. The average molecular weight is 817 g/mol. The molecule has 0 N–H and O–H groups in total. The van der Waals surface area contributed by atoms with Crippen molar-refractivity contribution in [2.45, 2.75) is 13.8 Å². The highest BCUT2D eigenvalue weighted by Crippen LogP contribution is 2.54. The van der Waals surface area contributed by atoms with Gasteiger partial charge in [-0.05, 0) is 142 Å². The fraction of sp³-hybridized carbons (Fsp3) is 0.0333. The standard InChI is InChI=1S/C60H42B2S/c1-3-4-14-39(2)40-22-26-44(27-23-40)55-49-33-31-47(54-21-13-36-63-54)38-51(49)58(43-17-9-6-10-18-43)60-56(45-28-24-41(25-29-45)52-19-11-34-61-52)48-32-30-46(53-20-12-35-62-53)37-50(48)57(59(55)60)42-15-7-5-8-16-42/h3-38H,1-2H3/b4-3-,39-14+. The summed E-state index contributed by atoms with van der Waals surface area (Å²) in [5, 5.41) is 9.63. The van der Waals surface area contributed by atoms with E-state index in [4.69, 9.17) is 0 Å². The van der Waals surface area contributed by atoms with E-state index in [2.05, 4.69) is 246 Å². The Hall–Kier alpha value is -7.19. The lowest BCUT2D eigenvalue weighted by Crippen LogP contribution is -1.99. The molecule has 3 heterocycles. The van der Waals surface area contributed by atoms with Gasteiger partial charge in [0.1, 0.15) is 0 Å². The molecule has 11 rings (SSSR count). The average Bonchev–Trinajstić information content (AvgIpc) is 4.19. The second-order valence-electron chi connectivity index (χ2n) is 16.4. The van der Waals surface area contributed by atoms with Crippen molar-refractivity contribution in [1.82, 2.24) is 0 Å². The minimum Gasteiger partial charge on any atom is -0.144 e. The molecule has 0 saturated heterocycles. The zero-order valence-electron chi connectivity index (χ0n) is 35.3. The van der Waals surface area contributed by atoms with E-state index in [0.29, 0.717) is 0 Å². The molecule has 294 valence electrons. The van der Waals surface area contributed by atoms with E-state index in [1.54, 1.807) is 11.3 Å². The van der Waals surface area contributed by atoms with Crippen LogP contribution in [0.15, 0.2) is 218 Å². The van der Waals surface area contributed by atoms with Crippen LogP contribution in [0.3, 0.4) is 0 Å². The summed E-state index contributed by atoms with van der Waals surface area (Å²) in [4.78, 5) is 1.26. The molecule has 0 amide bonds. The molecule has 0 aliphatic carbocycles. The van der Waals surface area contributed by atoms with Crippen molar-refractivity contribution < 1.29 is 0 Å². The maximum Gasteiger partial charge on any atom is 0.182 e. The zero-order valence-corrected chi connectivity index (χ0v) is 36.2. The Morgan fingerprint density at radius 3 is 1.46 bits per heavy atom. The zero-order chi connectivity index (χ0) is 42.3. The third-order valence-corrected chi connectivity index (χ3v) is 13.5. The van der Waals surface area contributed by atoms with Crippen molar-refractivity contribution in [3.63, 3.8) is 0 Å². The monoisotopic (exact) mass is 816 g/mol. The highest BCUT2D eigenvalue weighted by atomic mass is 32.1. The number of benzene rings is 8. The SMILES string of the molecule is C/C=C\C=C(/C)c1ccc(-c2c3ccc(-c4cccs4)cc3c(-c3ccccc3)c3c(-c4ccc(C5=CC=C[B]5)cc4)c4ccc(C5=CC=C[B]5)cc4c(-c4ccccc4)c23)cc1. The van der Waals surface area contributed by atoms with Gasteiger partial charge in [0, 0.05) is 4.88 Å². The van der Waals surface area contributed by atoms with Crippen molar-refractivity contribution in [2.75, 3.05) is 0 Å². The Kier molecular flexibility index (Phi) is 10.2. The van der Waals surface area contributed by atoms with Gasteiger partial charge in [0.2, 0.25) is 0 Å². The van der Waals surface area contributed by atoms with Crippen molar-refractivity contribution in [3.8, 4) is 54.9 Å². The number of thiophene rings is 1. The van der Waals surface area contributed by atoms with Gasteiger partial charge in [-0.3, -0.25) is 0 Å². The summed E-state index contributed by atoms with van der Waals surface area (Å²) in [7, 11) is 4.42. The van der Waals surface area contributed by atoms with Crippen molar-refractivity contribution in [3.05, 3.63) is 234 Å². The summed E-state index contributed by atoms with van der Waals surface area (Å²) < 4.78 is 0. The van der Waals surface area contributed by atoms with Gasteiger partial charge in [0.25, 0.3) is 0 Å². The number of hydrogen-bond acceptors (Lipinski definition) is 1. The number of rotatable bonds is 9. The first-order valence-electron chi connectivity index (χ1n) is 21.8. The van der Waals surface area contributed by atoms with Crippen LogP contribution in [0, 0.1) is 0 Å². The largest absolute Gasteiger partial charge is 0.182 e. The Labute approximate surface area is 375 Å². The molecule has 2 aliphatic heterocycles. The van der Waals surface area contributed by atoms with Gasteiger partial charge in [-0.2, -0.15) is 0 Å². The molecule has 0 saturated carbocycles. The molecule has 0 nitrogen and oxygen atoms in total. The van der Waals surface area contributed by atoms with Gasteiger partial charge in [-0.1, -0.05) is 193 Å². The number of allylic oxidation sites excluding steroid dienone is 8. The van der Waals surface area contributed by atoms with Gasteiger partial charge in [0.05, 0.1) is 0 Å². The van der Waals surface area contributed by atoms with Crippen LogP contribution in [0.2, 0.25) is 0 Å². The van der Waals surface area contributed by atoms with Crippen molar-refractivity contribution in [1.29, 1.82) is 0 Å². The Balaban J connectivity index is 1.37. The third-order valence-electron chi connectivity index (χ3n) is 12.6. The lowest BCUT2D eigenvalue weighted by molar-refractivity contribution is 1.56. The van der Waals surface area contributed by atoms with Crippen LogP contribution < -0.4 is 0 Å². The summed E-state index contributed by atoms with van der Waals surface area (Å²) >= 11 is 1.79. The lowest BCUT2D eigenvalue weighted by Gasteiger charge is -2.26. The molecule has 0 atom stereocenters. The molecule has 8 aromatic carbocycles. The number of hydrogen-bond donors (Lipinski definition) is 0. The molecule has 0 unspecified atom stereocenters. The number of fused-ring (bicyclic) bond motifs is 3. The Morgan fingerprint density at radius 2 is 0.937 bits per heavy atom. The second kappa shape index (κ2) is 16.6. The minimum absolute atomic E-state index is 1.19. The molecule has 0 fully saturated rings. The van der Waals surface area contributed by atoms with E-state index >= 15 is 0 Å². The summed E-state index contributed by atoms with van der Waals surface area (Å²) in [5.74, 6) is 4.25. The van der Waals surface area contributed by atoms with E-state index in [0.717, 1.165) is 0 Å². The van der Waals surface area contributed by atoms with Gasteiger partial charge in [-0.25, -0.2) is 0 Å². The van der Waals surface area contributed by atoms with Crippen LogP contribution >= 0.6 is 11.3 Å². The fourth-order valence-electron chi connectivity index (χ4n) is 9.61. The summed E-state index contributed by atoms with van der Waals surface area (Å²) in [6.45, 7) is 4.26. The quantitative estimate of drug-likeness (QED) is 0.0773. The molecular weight excluding hydrogens is 774 g/mol. The highest BCUT2D eigenvalue weighted by molar-refractivity contribution is 7.13. The predicted molar refractivity (Wildman–Crippen MR) is 278 cm³/mol. The van der Waals surface area contributed by atoms with Crippen LogP contribution in [-0.4, -0.2) is 14.6 Å². The molecule has 0 spiro atoms. The Morgan fingerprint density at radius 1 is 0.460 bits per heavy atom. The van der Waals surface area contributed by atoms with Crippen molar-refractivity contribution >= 4 is 74.7 Å². The van der Waals surface area contributed by atoms with Crippen LogP contribution in [0.1, 0.15) is 30.5 Å².